The highest BCUT2D eigenvalue weighted by atomic mass is 32.2. The van der Waals surface area contributed by atoms with Gasteiger partial charge < -0.3 is 10.4 Å². The smallest absolute Gasteiger partial charge is 0.223 e. The van der Waals surface area contributed by atoms with Gasteiger partial charge >= 0.3 is 0 Å². The topological polar surface area (TPSA) is 49.3 Å². The van der Waals surface area contributed by atoms with Crippen LogP contribution in [0.25, 0.3) is 0 Å². The van der Waals surface area contributed by atoms with Gasteiger partial charge in [-0.3, -0.25) is 4.79 Å². The summed E-state index contributed by atoms with van der Waals surface area (Å²) in [4.78, 5) is 13.3. The summed E-state index contributed by atoms with van der Waals surface area (Å²) in [7, 11) is 0. The maximum atomic E-state index is 12.1. The third-order valence-electron chi connectivity index (χ3n) is 4.09. The molecular formula is C17H25NO2S. The van der Waals surface area contributed by atoms with Crippen LogP contribution in [0.1, 0.15) is 57.6 Å². The lowest BCUT2D eigenvalue weighted by atomic mass is 9.97. The zero-order chi connectivity index (χ0) is 15.3. The zero-order valence-electron chi connectivity index (χ0n) is 12.9. The first-order chi connectivity index (χ1) is 10.0. The molecule has 0 aliphatic heterocycles. The summed E-state index contributed by atoms with van der Waals surface area (Å²) in [6.07, 6.45) is 3.77. The summed E-state index contributed by atoms with van der Waals surface area (Å²) in [5.41, 5.74) is 0.327. The van der Waals surface area contributed by atoms with E-state index in [0.29, 0.717) is 0 Å². The zero-order valence-corrected chi connectivity index (χ0v) is 13.7. The molecule has 1 saturated carbocycles. The van der Waals surface area contributed by atoms with E-state index < -0.39 is 5.60 Å². The summed E-state index contributed by atoms with van der Waals surface area (Å²) in [5.74, 6) is 1.00. The van der Waals surface area contributed by atoms with E-state index in [1.54, 1.807) is 0 Å². The number of nitrogens with one attached hydrogen (secondary N) is 1. The van der Waals surface area contributed by atoms with E-state index in [9.17, 15) is 9.90 Å². The quantitative estimate of drug-likeness (QED) is 0.788. The number of benzene rings is 1. The molecule has 4 heteroatoms. The Bertz CT molecular complexity index is 466. The Morgan fingerprint density at radius 1 is 1.33 bits per heavy atom. The molecule has 1 unspecified atom stereocenters. The normalized spacial score (nSPS) is 18.4. The summed E-state index contributed by atoms with van der Waals surface area (Å²) >= 11 is 1.81. The van der Waals surface area contributed by atoms with Crippen LogP contribution in [0.3, 0.4) is 0 Å². The number of thioether (sulfide) groups is 1. The highest BCUT2D eigenvalue weighted by Crippen LogP contribution is 2.32. The van der Waals surface area contributed by atoms with Crippen LogP contribution in [0, 0.1) is 0 Å². The second-order valence-electron chi connectivity index (χ2n) is 5.90. The fourth-order valence-corrected chi connectivity index (χ4v) is 3.57. The molecule has 0 radical (unpaired) electrons. The van der Waals surface area contributed by atoms with Gasteiger partial charge in [0.1, 0.15) is 0 Å². The second kappa shape index (κ2) is 7.32. The SMILES string of the molecule is CCSc1ccc(C(C)NC(=O)CC2(O)CCCC2)cc1. The number of hydrogen-bond acceptors (Lipinski definition) is 3. The second-order valence-corrected chi connectivity index (χ2v) is 7.24. The minimum Gasteiger partial charge on any atom is -0.389 e. The molecule has 2 rings (SSSR count). The largest absolute Gasteiger partial charge is 0.389 e. The number of aliphatic hydroxyl groups is 1. The number of hydrogen-bond donors (Lipinski definition) is 2. The van der Waals surface area contributed by atoms with Crippen LogP contribution < -0.4 is 5.32 Å². The highest BCUT2D eigenvalue weighted by molar-refractivity contribution is 7.99. The Labute approximate surface area is 131 Å². The predicted molar refractivity (Wildman–Crippen MR) is 87.4 cm³/mol. The molecule has 116 valence electrons. The van der Waals surface area contributed by atoms with Crippen LogP contribution in [0.2, 0.25) is 0 Å². The summed E-state index contributed by atoms with van der Waals surface area (Å²) in [6.45, 7) is 4.12. The molecule has 0 heterocycles. The van der Waals surface area contributed by atoms with Crippen LogP contribution >= 0.6 is 11.8 Å². The fraction of sp³-hybridized carbons (Fsp3) is 0.588. The first-order valence-electron chi connectivity index (χ1n) is 7.77. The molecule has 1 aliphatic rings. The van der Waals surface area contributed by atoms with Crippen molar-refractivity contribution >= 4 is 17.7 Å². The third kappa shape index (κ3) is 4.75. The van der Waals surface area contributed by atoms with E-state index in [1.807, 2.05) is 18.7 Å². The van der Waals surface area contributed by atoms with Gasteiger partial charge in [0.05, 0.1) is 18.1 Å². The number of rotatable bonds is 6. The van der Waals surface area contributed by atoms with Crippen LogP contribution in [-0.4, -0.2) is 22.4 Å². The van der Waals surface area contributed by atoms with Crippen molar-refractivity contribution in [3.05, 3.63) is 29.8 Å². The molecule has 0 aromatic heterocycles. The molecule has 0 spiro atoms. The van der Waals surface area contributed by atoms with Crippen molar-refractivity contribution in [1.82, 2.24) is 5.32 Å². The van der Waals surface area contributed by atoms with E-state index in [2.05, 4.69) is 36.5 Å². The molecule has 3 nitrogen and oxygen atoms in total. The molecular weight excluding hydrogens is 282 g/mol. The standard InChI is InChI=1S/C17H25NO2S/c1-3-21-15-8-6-14(7-9-15)13(2)18-16(19)12-17(20)10-4-5-11-17/h6-9,13,20H,3-5,10-12H2,1-2H3,(H,18,19). The van der Waals surface area contributed by atoms with E-state index >= 15 is 0 Å². The molecule has 1 aliphatic carbocycles. The van der Waals surface area contributed by atoms with Crippen LogP contribution in [-0.2, 0) is 4.79 Å². The van der Waals surface area contributed by atoms with E-state index in [4.69, 9.17) is 0 Å². The van der Waals surface area contributed by atoms with Crippen molar-refractivity contribution in [2.75, 3.05) is 5.75 Å². The lowest BCUT2D eigenvalue weighted by Crippen LogP contribution is -2.35. The average Bonchev–Trinajstić information content (AvgIpc) is 2.86. The van der Waals surface area contributed by atoms with Crippen LogP contribution in [0.5, 0.6) is 0 Å². The Kier molecular flexibility index (Phi) is 5.71. The Morgan fingerprint density at radius 3 is 2.52 bits per heavy atom. The van der Waals surface area contributed by atoms with Gasteiger partial charge in [0, 0.05) is 4.90 Å². The number of carbonyl (C=O) groups excluding carboxylic acids is 1. The Hall–Kier alpha value is -1.00. The molecule has 2 N–H and O–H groups in total. The van der Waals surface area contributed by atoms with Gasteiger partial charge in [-0.15, -0.1) is 11.8 Å². The highest BCUT2D eigenvalue weighted by Gasteiger charge is 2.33. The molecule has 1 amide bonds. The predicted octanol–water partition coefficient (Wildman–Crippen LogP) is 3.67. The summed E-state index contributed by atoms with van der Waals surface area (Å²) in [5, 5.41) is 13.3. The maximum absolute atomic E-state index is 12.1. The molecule has 21 heavy (non-hydrogen) atoms. The third-order valence-corrected chi connectivity index (χ3v) is 4.99. The van der Waals surface area contributed by atoms with Crippen LogP contribution in [0.4, 0.5) is 0 Å². The minimum absolute atomic E-state index is 0.0248. The van der Waals surface area contributed by atoms with Crippen molar-refractivity contribution < 1.29 is 9.90 Å². The molecule has 1 aromatic carbocycles. The van der Waals surface area contributed by atoms with Crippen molar-refractivity contribution in [2.24, 2.45) is 0 Å². The first-order valence-corrected chi connectivity index (χ1v) is 8.75. The molecule has 1 aromatic rings. The first kappa shape index (κ1) is 16.4. The number of carbonyl (C=O) groups is 1. The minimum atomic E-state index is -0.772. The van der Waals surface area contributed by atoms with Crippen molar-refractivity contribution in [3.63, 3.8) is 0 Å². The summed E-state index contributed by atoms with van der Waals surface area (Å²) < 4.78 is 0. The van der Waals surface area contributed by atoms with Gasteiger partial charge in [-0.1, -0.05) is 31.9 Å². The molecule has 1 atom stereocenters. The van der Waals surface area contributed by atoms with Crippen molar-refractivity contribution in [3.8, 4) is 0 Å². The lowest BCUT2D eigenvalue weighted by molar-refractivity contribution is -0.126. The summed E-state index contributed by atoms with van der Waals surface area (Å²) in [6, 6.07) is 8.29. The van der Waals surface area contributed by atoms with Gasteiger partial charge in [0.15, 0.2) is 0 Å². The monoisotopic (exact) mass is 307 g/mol. The van der Waals surface area contributed by atoms with Gasteiger partial charge in [0.25, 0.3) is 0 Å². The van der Waals surface area contributed by atoms with E-state index in [-0.39, 0.29) is 18.4 Å². The Morgan fingerprint density at radius 2 is 1.95 bits per heavy atom. The Balaban J connectivity index is 1.88. The van der Waals surface area contributed by atoms with Crippen molar-refractivity contribution in [1.29, 1.82) is 0 Å². The van der Waals surface area contributed by atoms with Crippen molar-refractivity contribution in [2.45, 2.75) is 62.5 Å². The van der Waals surface area contributed by atoms with Gasteiger partial charge in [-0.25, -0.2) is 0 Å². The van der Waals surface area contributed by atoms with Gasteiger partial charge in [-0.05, 0) is 43.2 Å². The van der Waals surface area contributed by atoms with E-state index in [1.165, 1.54) is 4.90 Å². The lowest BCUT2D eigenvalue weighted by Gasteiger charge is -2.23. The fourth-order valence-electron chi connectivity index (χ4n) is 2.90. The van der Waals surface area contributed by atoms with Gasteiger partial charge in [0.2, 0.25) is 5.91 Å². The maximum Gasteiger partial charge on any atom is 0.223 e. The number of amides is 1. The average molecular weight is 307 g/mol. The van der Waals surface area contributed by atoms with Crippen LogP contribution in [0.15, 0.2) is 29.2 Å². The van der Waals surface area contributed by atoms with Gasteiger partial charge in [-0.2, -0.15) is 0 Å². The van der Waals surface area contributed by atoms with E-state index in [0.717, 1.165) is 37.0 Å². The molecule has 1 fully saturated rings. The molecule has 0 saturated heterocycles. The molecule has 0 bridgehead atoms.